The van der Waals surface area contributed by atoms with E-state index in [4.69, 9.17) is 4.84 Å². The first kappa shape index (κ1) is 16.0. The summed E-state index contributed by atoms with van der Waals surface area (Å²) in [4.78, 5) is 18.4. The van der Waals surface area contributed by atoms with Crippen molar-refractivity contribution in [3.8, 4) is 5.75 Å². The molecular weight excluding hydrogens is 262 g/mol. The highest BCUT2D eigenvalue weighted by molar-refractivity contribution is 5.83. The molecule has 0 aliphatic carbocycles. The largest absolute Gasteiger partial charge is 0.405 e. The standard InChI is InChI=1S/C18H27NO2/c1-2-3-4-8-14-18(20)17-13-9-10-15-19(17)21-16-11-6-5-7-12-16/h5-7,11-12,17H,2-4,8-10,13-15H2,1H3. The number of rotatable bonds is 8. The highest BCUT2D eigenvalue weighted by Crippen LogP contribution is 2.22. The van der Waals surface area contributed by atoms with Crippen molar-refractivity contribution in [2.45, 2.75) is 64.3 Å². The van der Waals surface area contributed by atoms with Crippen LogP contribution in [0.25, 0.3) is 0 Å². The third-order valence-electron chi connectivity index (χ3n) is 4.07. The smallest absolute Gasteiger partial charge is 0.153 e. The Labute approximate surface area is 128 Å². The summed E-state index contributed by atoms with van der Waals surface area (Å²) in [5.74, 6) is 1.17. The average molecular weight is 289 g/mol. The van der Waals surface area contributed by atoms with Gasteiger partial charge < -0.3 is 4.84 Å². The second kappa shape index (κ2) is 8.83. The van der Waals surface area contributed by atoms with E-state index in [1.807, 2.05) is 35.4 Å². The topological polar surface area (TPSA) is 29.5 Å². The SMILES string of the molecule is CCCCCCC(=O)C1CCCCN1Oc1ccccc1. The minimum atomic E-state index is -0.0550. The lowest BCUT2D eigenvalue weighted by molar-refractivity contribution is -0.148. The molecule has 2 rings (SSSR count). The first-order valence-corrected chi connectivity index (χ1v) is 8.33. The van der Waals surface area contributed by atoms with Crippen molar-refractivity contribution in [2.75, 3.05) is 6.54 Å². The van der Waals surface area contributed by atoms with Crippen LogP contribution >= 0.6 is 0 Å². The Bertz CT molecular complexity index is 418. The van der Waals surface area contributed by atoms with Crippen molar-refractivity contribution >= 4 is 5.78 Å². The van der Waals surface area contributed by atoms with Gasteiger partial charge in [-0.05, 0) is 37.8 Å². The number of nitrogens with zero attached hydrogens (tertiary/aromatic N) is 1. The summed E-state index contributed by atoms with van der Waals surface area (Å²) in [5.41, 5.74) is 0. The van der Waals surface area contributed by atoms with E-state index in [0.29, 0.717) is 12.2 Å². The summed E-state index contributed by atoms with van der Waals surface area (Å²) in [6.07, 6.45) is 8.46. The Morgan fingerprint density at radius 3 is 2.76 bits per heavy atom. The van der Waals surface area contributed by atoms with Crippen LogP contribution in [0.3, 0.4) is 0 Å². The molecule has 0 bridgehead atoms. The Kier molecular flexibility index (Phi) is 6.74. The van der Waals surface area contributed by atoms with Crippen molar-refractivity contribution in [1.29, 1.82) is 0 Å². The quantitative estimate of drug-likeness (QED) is 0.665. The van der Waals surface area contributed by atoms with Crippen LogP contribution in [0.1, 0.15) is 58.3 Å². The Hall–Kier alpha value is -1.35. The number of Topliss-reactive ketones (excluding diaryl/α,β-unsaturated/α-hetero) is 1. The summed E-state index contributed by atoms with van der Waals surface area (Å²) in [6, 6.07) is 9.72. The van der Waals surface area contributed by atoms with Gasteiger partial charge >= 0.3 is 0 Å². The molecule has 1 aromatic rings. The fourth-order valence-electron chi connectivity index (χ4n) is 2.85. The maximum Gasteiger partial charge on any atom is 0.153 e. The lowest BCUT2D eigenvalue weighted by atomic mass is 9.97. The van der Waals surface area contributed by atoms with Gasteiger partial charge in [-0.1, -0.05) is 44.4 Å². The minimum Gasteiger partial charge on any atom is -0.405 e. The lowest BCUT2D eigenvalue weighted by Gasteiger charge is -2.33. The summed E-state index contributed by atoms with van der Waals surface area (Å²) in [7, 11) is 0. The maximum absolute atomic E-state index is 12.4. The molecule has 0 radical (unpaired) electrons. The third-order valence-corrected chi connectivity index (χ3v) is 4.07. The van der Waals surface area contributed by atoms with E-state index < -0.39 is 0 Å². The Morgan fingerprint density at radius 2 is 2.00 bits per heavy atom. The zero-order valence-electron chi connectivity index (χ0n) is 13.1. The molecule has 1 fully saturated rings. The number of ketones is 1. The van der Waals surface area contributed by atoms with E-state index in [1.54, 1.807) is 0 Å². The highest BCUT2D eigenvalue weighted by atomic mass is 16.7. The van der Waals surface area contributed by atoms with Crippen molar-refractivity contribution in [3.63, 3.8) is 0 Å². The number of carbonyl (C=O) groups excluding carboxylic acids is 1. The fraction of sp³-hybridized carbons (Fsp3) is 0.611. The monoisotopic (exact) mass is 289 g/mol. The highest BCUT2D eigenvalue weighted by Gasteiger charge is 2.29. The van der Waals surface area contributed by atoms with Gasteiger partial charge in [0.1, 0.15) is 11.8 Å². The fourth-order valence-corrected chi connectivity index (χ4v) is 2.85. The van der Waals surface area contributed by atoms with E-state index in [9.17, 15) is 4.79 Å². The third kappa shape index (κ3) is 5.16. The molecule has 1 unspecified atom stereocenters. The van der Waals surface area contributed by atoms with Crippen molar-refractivity contribution < 1.29 is 9.63 Å². The Morgan fingerprint density at radius 1 is 1.19 bits per heavy atom. The van der Waals surface area contributed by atoms with E-state index in [2.05, 4.69) is 6.92 Å². The van der Waals surface area contributed by atoms with Crippen LogP contribution in [-0.2, 0) is 4.79 Å². The molecule has 1 saturated heterocycles. The average Bonchev–Trinajstić information content (AvgIpc) is 2.53. The first-order chi connectivity index (χ1) is 10.3. The number of carbonyl (C=O) groups is 1. The summed E-state index contributed by atoms with van der Waals surface area (Å²) >= 11 is 0. The van der Waals surface area contributed by atoms with E-state index in [-0.39, 0.29) is 6.04 Å². The first-order valence-electron chi connectivity index (χ1n) is 8.33. The van der Waals surface area contributed by atoms with Crippen LogP contribution in [-0.4, -0.2) is 23.4 Å². The van der Waals surface area contributed by atoms with E-state index in [1.165, 1.54) is 12.8 Å². The number of hydroxylamine groups is 2. The molecule has 1 aliphatic heterocycles. The molecule has 3 heteroatoms. The number of piperidine rings is 1. The number of unbranched alkanes of at least 4 members (excludes halogenated alkanes) is 3. The molecule has 1 atom stereocenters. The summed E-state index contributed by atoms with van der Waals surface area (Å²) in [6.45, 7) is 3.04. The number of hydrogen-bond acceptors (Lipinski definition) is 3. The maximum atomic E-state index is 12.4. The summed E-state index contributed by atoms with van der Waals surface area (Å²) in [5, 5.41) is 1.90. The number of hydrogen-bond donors (Lipinski definition) is 0. The lowest BCUT2D eigenvalue weighted by Crippen LogP contribution is -2.46. The zero-order chi connectivity index (χ0) is 14.9. The summed E-state index contributed by atoms with van der Waals surface area (Å²) < 4.78 is 0. The second-order valence-electron chi connectivity index (χ2n) is 5.83. The number of benzene rings is 1. The van der Waals surface area contributed by atoms with Crippen LogP contribution in [0.4, 0.5) is 0 Å². The molecule has 1 heterocycles. The van der Waals surface area contributed by atoms with Crippen LogP contribution in [0.5, 0.6) is 5.75 Å². The minimum absolute atomic E-state index is 0.0550. The van der Waals surface area contributed by atoms with Gasteiger partial charge in [-0.2, -0.15) is 0 Å². The molecule has 0 aromatic heterocycles. The van der Waals surface area contributed by atoms with Gasteiger partial charge in [-0.25, -0.2) is 0 Å². The van der Waals surface area contributed by atoms with Crippen LogP contribution < -0.4 is 4.84 Å². The van der Waals surface area contributed by atoms with Crippen molar-refractivity contribution in [2.24, 2.45) is 0 Å². The van der Waals surface area contributed by atoms with Crippen molar-refractivity contribution in [1.82, 2.24) is 5.06 Å². The predicted octanol–water partition coefficient (Wildman–Crippen LogP) is 4.37. The predicted molar refractivity (Wildman–Crippen MR) is 85.2 cm³/mol. The van der Waals surface area contributed by atoms with Gasteiger partial charge in [0.15, 0.2) is 5.78 Å². The van der Waals surface area contributed by atoms with Gasteiger partial charge in [0.25, 0.3) is 0 Å². The molecule has 0 spiro atoms. The zero-order valence-corrected chi connectivity index (χ0v) is 13.1. The molecular formula is C18H27NO2. The van der Waals surface area contributed by atoms with Gasteiger partial charge in [0.2, 0.25) is 0 Å². The molecule has 0 N–H and O–H groups in total. The van der Waals surface area contributed by atoms with Crippen LogP contribution in [0.15, 0.2) is 30.3 Å². The van der Waals surface area contributed by atoms with E-state index in [0.717, 1.165) is 44.4 Å². The molecule has 116 valence electrons. The van der Waals surface area contributed by atoms with Gasteiger partial charge in [0, 0.05) is 13.0 Å². The molecule has 3 nitrogen and oxygen atoms in total. The molecule has 0 amide bonds. The number of para-hydroxylation sites is 1. The van der Waals surface area contributed by atoms with E-state index >= 15 is 0 Å². The van der Waals surface area contributed by atoms with Gasteiger partial charge in [-0.3, -0.25) is 4.79 Å². The van der Waals surface area contributed by atoms with Crippen LogP contribution in [0, 0.1) is 0 Å². The molecule has 1 aromatic carbocycles. The van der Waals surface area contributed by atoms with Crippen molar-refractivity contribution in [3.05, 3.63) is 30.3 Å². The Balaban J connectivity index is 1.87. The normalized spacial score (nSPS) is 19.4. The van der Waals surface area contributed by atoms with Gasteiger partial charge in [-0.15, -0.1) is 5.06 Å². The molecule has 1 aliphatic rings. The van der Waals surface area contributed by atoms with Crippen LogP contribution in [0.2, 0.25) is 0 Å². The molecule has 0 saturated carbocycles. The second-order valence-corrected chi connectivity index (χ2v) is 5.83. The van der Waals surface area contributed by atoms with Gasteiger partial charge in [0.05, 0.1) is 0 Å². The molecule has 21 heavy (non-hydrogen) atoms.